The molecule has 0 aliphatic heterocycles. The summed E-state index contributed by atoms with van der Waals surface area (Å²) in [6.07, 6.45) is -1.47. The van der Waals surface area contributed by atoms with E-state index >= 15 is 0 Å². The highest BCUT2D eigenvalue weighted by Gasteiger charge is 2.31. The Morgan fingerprint density at radius 2 is 1.82 bits per heavy atom. The molecule has 176 valence electrons. The Morgan fingerprint density at radius 1 is 1.09 bits per heavy atom. The molecule has 0 aliphatic rings. The molecule has 4 rings (SSSR count). The zero-order chi connectivity index (χ0) is 24.3. The van der Waals surface area contributed by atoms with E-state index in [0.29, 0.717) is 41.8 Å². The molecule has 1 aromatic carbocycles. The van der Waals surface area contributed by atoms with Crippen LogP contribution in [0.2, 0.25) is 0 Å². The summed E-state index contributed by atoms with van der Waals surface area (Å²) >= 11 is 0. The number of pyridine rings is 1. The van der Waals surface area contributed by atoms with Gasteiger partial charge in [-0.25, -0.2) is 15.0 Å². The number of ether oxygens (including phenoxy) is 1. The largest absolute Gasteiger partial charge is 0.573 e. The molecule has 0 saturated heterocycles. The number of hydrogen-bond acceptors (Lipinski definition) is 9. The van der Waals surface area contributed by atoms with Crippen LogP contribution in [0.15, 0.2) is 54.9 Å². The van der Waals surface area contributed by atoms with Gasteiger partial charge >= 0.3 is 12.0 Å². The van der Waals surface area contributed by atoms with Gasteiger partial charge in [-0.3, -0.25) is 14.5 Å². The first-order valence-electron chi connectivity index (χ1n) is 9.78. The lowest BCUT2D eigenvalue weighted by atomic mass is 10.1. The molecule has 0 atom stereocenters. The summed E-state index contributed by atoms with van der Waals surface area (Å²) in [4.78, 5) is 23.0. The van der Waals surface area contributed by atoms with Crippen molar-refractivity contribution in [1.29, 1.82) is 0 Å². The summed E-state index contributed by atoms with van der Waals surface area (Å²) in [5.74, 6) is 0.311. The van der Waals surface area contributed by atoms with Crippen molar-refractivity contribution in [3.05, 3.63) is 65.0 Å². The monoisotopic (exact) mass is 474 g/mol. The molecular weight excluding hydrogens is 457 g/mol. The third-order valence-corrected chi connectivity index (χ3v) is 4.59. The van der Waals surface area contributed by atoms with Crippen LogP contribution in [0, 0.1) is 10.1 Å². The highest BCUT2D eigenvalue weighted by Crippen LogP contribution is 2.27. The maximum atomic E-state index is 12.4. The summed E-state index contributed by atoms with van der Waals surface area (Å²) in [6.45, 7) is 0.774. The minimum atomic E-state index is -4.77. The van der Waals surface area contributed by atoms with Crippen LogP contribution in [0.3, 0.4) is 0 Å². The van der Waals surface area contributed by atoms with Crippen molar-refractivity contribution in [1.82, 2.24) is 19.4 Å². The lowest BCUT2D eigenvalue weighted by Crippen LogP contribution is -2.17. The number of nitrogens with two attached hydrogens (primary N) is 1. The topological polar surface area (TPSA) is 146 Å². The van der Waals surface area contributed by atoms with Crippen LogP contribution >= 0.6 is 0 Å². The predicted molar refractivity (Wildman–Crippen MR) is 117 cm³/mol. The van der Waals surface area contributed by atoms with E-state index in [-0.39, 0.29) is 17.3 Å². The number of alkyl halides is 3. The minimum absolute atomic E-state index is 0.191. The van der Waals surface area contributed by atoms with E-state index in [1.54, 1.807) is 22.9 Å². The van der Waals surface area contributed by atoms with Crippen molar-refractivity contribution in [2.24, 2.45) is 0 Å². The quantitative estimate of drug-likeness (QED) is 0.198. The van der Waals surface area contributed by atoms with Gasteiger partial charge in [-0.05, 0) is 30.3 Å². The van der Waals surface area contributed by atoms with Gasteiger partial charge in [0.2, 0.25) is 11.8 Å². The van der Waals surface area contributed by atoms with Gasteiger partial charge in [0.1, 0.15) is 17.2 Å². The lowest BCUT2D eigenvalue weighted by Gasteiger charge is -2.12. The van der Waals surface area contributed by atoms with Crippen molar-refractivity contribution in [2.45, 2.75) is 6.36 Å². The highest BCUT2D eigenvalue weighted by molar-refractivity contribution is 5.66. The number of nitrogens with one attached hydrogen (secondary N) is 2. The first-order valence-corrected chi connectivity index (χ1v) is 9.78. The fraction of sp³-hybridized carbons (Fsp3) is 0.150. The number of benzene rings is 1. The van der Waals surface area contributed by atoms with E-state index in [0.717, 1.165) is 0 Å². The first-order chi connectivity index (χ1) is 16.2. The third kappa shape index (κ3) is 5.23. The van der Waals surface area contributed by atoms with E-state index < -0.39 is 11.3 Å². The van der Waals surface area contributed by atoms with Gasteiger partial charge in [0.15, 0.2) is 0 Å². The molecule has 3 aromatic heterocycles. The van der Waals surface area contributed by atoms with Crippen LogP contribution in [-0.4, -0.2) is 43.7 Å². The number of imidazole rings is 1. The van der Waals surface area contributed by atoms with Crippen LogP contribution in [-0.2, 0) is 0 Å². The smallest absolute Gasteiger partial charge is 0.406 e. The first kappa shape index (κ1) is 22.6. The van der Waals surface area contributed by atoms with E-state index in [1.165, 1.54) is 36.4 Å². The Morgan fingerprint density at radius 3 is 2.50 bits per heavy atom. The molecule has 14 heteroatoms. The number of halogens is 3. The molecule has 4 aromatic rings. The molecule has 0 amide bonds. The summed E-state index contributed by atoms with van der Waals surface area (Å²) in [5.41, 5.74) is 6.97. The Balaban J connectivity index is 1.45. The summed E-state index contributed by atoms with van der Waals surface area (Å²) < 4.78 is 42.8. The number of nitro groups is 1. The van der Waals surface area contributed by atoms with Gasteiger partial charge < -0.3 is 21.1 Å². The summed E-state index contributed by atoms with van der Waals surface area (Å²) in [5, 5.41) is 17.0. The van der Waals surface area contributed by atoms with Gasteiger partial charge in [0, 0.05) is 43.2 Å². The van der Waals surface area contributed by atoms with Crippen molar-refractivity contribution in [2.75, 3.05) is 29.5 Å². The van der Waals surface area contributed by atoms with E-state index in [9.17, 15) is 23.3 Å². The highest BCUT2D eigenvalue weighted by atomic mass is 19.4. The normalized spacial score (nSPS) is 11.4. The third-order valence-electron chi connectivity index (χ3n) is 4.59. The van der Waals surface area contributed by atoms with Crippen molar-refractivity contribution in [3.63, 3.8) is 0 Å². The molecule has 34 heavy (non-hydrogen) atoms. The summed E-state index contributed by atoms with van der Waals surface area (Å²) in [7, 11) is 0. The molecule has 4 N–H and O–H groups in total. The van der Waals surface area contributed by atoms with Gasteiger partial charge in [-0.2, -0.15) is 0 Å². The standard InChI is InChI=1S/C20H17F3N8O3/c21-20(22,23)34-13-3-1-12(2-4-13)14-11-17-26-9-10-30(17)19(28-14)27-8-7-25-16-6-5-15(31(32)33)18(24)29-16/h1-6,9-11H,7-8H2,(H,27,28)(H3,24,25,29). The Labute approximate surface area is 189 Å². The Hall–Kier alpha value is -4.62. The molecule has 0 saturated carbocycles. The average molecular weight is 474 g/mol. The zero-order valence-corrected chi connectivity index (χ0v) is 17.3. The Bertz CT molecular complexity index is 1330. The number of nitrogens with zero attached hydrogens (tertiary/aromatic N) is 5. The molecule has 0 unspecified atom stereocenters. The average Bonchev–Trinajstić information content (AvgIpc) is 3.25. The fourth-order valence-corrected chi connectivity index (χ4v) is 3.11. The van der Waals surface area contributed by atoms with E-state index in [4.69, 9.17) is 5.73 Å². The molecule has 0 fully saturated rings. The Kier molecular flexibility index (Phi) is 6.03. The van der Waals surface area contributed by atoms with Gasteiger partial charge in [0.05, 0.1) is 10.6 Å². The van der Waals surface area contributed by atoms with Gasteiger partial charge in [0.25, 0.3) is 0 Å². The number of fused-ring (bicyclic) bond motifs is 1. The molecule has 0 bridgehead atoms. The van der Waals surface area contributed by atoms with E-state index in [1.807, 2.05) is 0 Å². The van der Waals surface area contributed by atoms with Crippen LogP contribution in [0.4, 0.5) is 36.4 Å². The van der Waals surface area contributed by atoms with Crippen LogP contribution < -0.4 is 21.1 Å². The molecule has 0 aliphatic carbocycles. The SMILES string of the molecule is Nc1nc(NCCNc2nc(-c3ccc(OC(F)(F)F)cc3)cc3nccn23)ccc1[N+](=O)[O-]. The number of rotatable bonds is 8. The van der Waals surface area contributed by atoms with Crippen LogP contribution in [0.1, 0.15) is 0 Å². The number of aromatic nitrogens is 4. The lowest BCUT2D eigenvalue weighted by molar-refractivity contribution is -0.384. The van der Waals surface area contributed by atoms with Crippen LogP contribution in [0.25, 0.3) is 16.9 Å². The fourth-order valence-electron chi connectivity index (χ4n) is 3.11. The zero-order valence-electron chi connectivity index (χ0n) is 17.3. The van der Waals surface area contributed by atoms with Crippen molar-refractivity contribution in [3.8, 4) is 17.0 Å². The number of hydrogen-bond donors (Lipinski definition) is 3. The van der Waals surface area contributed by atoms with Gasteiger partial charge in [-0.15, -0.1) is 13.2 Å². The molecule has 0 radical (unpaired) electrons. The number of anilines is 3. The second-order valence-electron chi connectivity index (χ2n) is 6.90. The molecule has 3 heterocycles. The summed E-state index contributed by atoms with van der Waals surface area (Å²) in [6, 6.07) is 9.78. The maximum Gasteiger partial charge on any atom is 0.573 e. The van der Waals surface area contributed by atoms with Crippen LogP contribution in [0.5, 0.6) is 5.75 Å². The van der Waals surface area contributed by atoms with E-state index in [2.05, 4.69) is 30.3 Å². The minimum Gasteiger partial charge on any atom is -0.406 e. The van der Waals surface area contributed by atoms with Crippen molar-refractivity contribution >= 4 is 28.9 Å². The second kappa shape index (κ2) is 9.09. The molecular formula is C20H17F3N8O3. The molecule has 11 nitrogen and oxygen atoms in total. The molecule has 0 spiro atoms. The number of nitrogen functional groups attached to an aromatic ring is 1. The second-order valence-corrected chi connectivity index (χ2v) is 6.90. The van der Waals surface area contributed by atoms with Gasteiger partial charge in [-0.1, -0.05) is 0 Å². The van der Waals surface area contributed by atoms with Crippen molar-refractivity contribution < 1.29 is 22.8 Å². The predicted octanol–water partition coefficient (Wildman–Crippen LogP) is 3.70. The maximum absolute atomic E-state index is 12.4.